The Balaban J connectivity index is 1.77. The van der Waals surface area contributed by atoms with Crippen LogP contribution in [-0.4, -0.2) is 75.1 Å². The number of anilines is 1. The van der Waals surface area contributed by atoms with Crippen molar-refractivity contribution >= 4 is 27.7 Å². The number of ether oxygens (including phenoxy) is 1. The van der Waals surface area contributed by atoms with E-state index in [1.165, 1.54) is 12.1 Å². The summed E-state index contributed by atoms with van der Waals surface area (Å²) in [5.74, 6) is -0.129. The first-order chi connectivity index (χ1) is 14.0. The van der Waals surface area contributed by atoms with Crippen LogP contribution in [0.3, 0.4) is 0 Å². The summed E-state index contributed by atoms with van der Waals surface area (Å²) in [6.07, 6.45) is 0.0367. The first-order valence-electron chi connectivity index (χ1n) is 10.1. The number of benzene rings is 1. The summed E-state index contributed by atoms with van der Waals surface area (Å²) in [5.41, 5.74) is 0.0374. The second kappa shape index (κ2) is 10.2. The quantitative estimate of drug-likeness (QED) is 0.670. The van der Waals surface area contributed by atoms with Crippen molar-refractivity contribution < 1.29 is 22.7 Å². The van der Waals surface area contributed by atoms with Crippen molar-refractivity contribution in [1.29, 1.82) is 0 Å². The number of rotatable bonds is 7. The Morgan fingerprint density at radius 2 is 1.67 bits per heavy atom. The van der Waals surface area contributed by atoms with Gasteiger partial charge in [-0.1, -0.05) is 6.92 Å². The van der Waals surface area contributed by atoms with Crippen molar-refractivity contribution in [3.63, 3.8) is 0 Å². The number of nitrogens with zero attached hydrogens (tertiary/aromatic N) is 2. The van der Waals surface area contributed by atoms with E-state index < -0.39 is 15.6 Å². The van der Waals surface area contributed by atoms with Crippen LogP contribution >= 0.6 is 0 Å². The van der Waals surface area contributed by atoms with Gasteiger partial charge in [0.15, 0.2) is 0 Å². The molecule has 1 aliphatic rings. The van der Waals surface area contributed by atoms with E-state index in [1.54, 1.807) is 24.0 Å². The lowest BCUT2D eigenvalue weighted by Gasteiger charge is -2.35. The fourth-order valence-electron chi connectivity index (χ4n) is 2.87. The van der Waals surface area contributed by atoms with Crippen molar-refractivity contribution in [1.82, 2.24) is 14.5 Å². The molecule has 0 bridgehead atoms. The zero-order valence-electron chi connectivity index (χ0n) is 18.1. The second-order valence-corrected chi connectivity index (χ2v) is 9.90. The highest BCUT2D eigenvalue weighted by molar-refractivity contribution is 7.89. The Hall–Kier alpha value is -2.17. The first kappa shape index (κ1) is 24.1. The Morgan fingerprint density at radius 3 is 2.20 bits per heavy atom. The van der Waals surface area contributed by atoms with Crippen LogP contribution < -0.4 is 10.0 Å². The van der Waals surface area contributed by atoms with Gasteiger partial charge in [-0.3, -0.25) is 9.69 Å². The number of hydrogen-bond acceptors (Lipinski definition) is 6. The number of carbonyl (C=O) groups is 2. The zero-order chi connectivity index (χ0) is 22.4. The van der Waals surface area contributed by atoms with Crippen molar-refractivity contribution in [2.45, 2.75) is 44.6 Å². The third kappa shape index (κ3) is 7.58. The third-order valence-electron chi connectivity index (χ3n) is 4.51. The van der Waals surface area contributed by atoms with Gasteiger partial charge in [-0.2, -0.15) is 0 Å². The smallest absolute Gasteiger partial charge is 0.410 e. The molecule has 9 nitrogen and oxygen atoms in total. The molecule has 1 fully saturated rings. The second-order valence-electron chi connectivity index (χ2n) is 8.13. The van der Waals surface area contributed by atoms with E-state index in [4.69, 9.17) is 4.74 Å². The summed E-state index contributed by atoms with van der Waals surface area (Å²) in [6, 6.07) is 6.07. The van der Waals surface area contributed by atoms with Crippen LogP contribution in [0.1, 0.15) is 34.1 Å². The van der Waals surface area contributed by atoms with Crippen LogP contribution in [0.5, 0.6) is 0 Å². The summed E-state index contributed by atoms with van der Waals surface area (Å²) >= 11 is 0. The van der Waals surface area contributed by atoms with Gasteiger partial charge in [0.25, 0.3) is 0 Å². The maximum atomic E-state index is 12.5. The molecule has 0 spiro atoms. The third-order valence-corrected chi connectivity index (χ3v) is 5.99. The first-order valence-corrected chi connectivity index (χ1v) is 11.6. The van der Waals surface area contributed by atoms with Crippen molar-refractivity contribution in [2.75, 3.05) is 44.6 Å². The lowest BCUT2D eigenvalue weighted by molar-refractivity contribution is -0.115. The Bertz CT molecular complexity index is 826. The van der Waals surface area contributed by atoms with E-state index in [0.29, 0.717) is 44.8 Å². The van der Waals surface area contributed by atoms with Gasteiger partial charge in [-0.05, 0) is 45.0 Å². The maximum absolute atomic E-state index is 12.5. The van der Waals surface area contributed by atoms with Gasteiger partial charge < -0.3 is 15.0 Å². The van der Waals surface area contributed by atoms with E-state index in [-0.39, 0.29) is 23.4 Å². The molecule has 2 rings (SSSR count). The molecule has 10 heteroatoms. The van der Waals surface area contributed by atoms with Crippen LogP contribution in [0, 0.1) is 0 Å². The topological polar surface area (TPSA) is 108 Å². The van der Waals surface area contributed by atoms with Gasteiger partial charge in [0.1, 0.15) is 5.60 Å². The summed E-state index contributed by atoms with van der Waals surface area (Å²) in [7, 11) is -3.63. The summed E-state index contributed by atoms with van der Waals surface area (Å²) in [4.78, 5) is 27.4. The number of piperazine rings is 1. The number of amides is 2. The highest BCUT2D eigenvalue weighted by Crippen LogP contribution is 2.15. The minimum Gasteiger partial charge on any atom is -0.444 e. The fourth-order valence-corrected chi connectivity index (χ4v) is 3.89. The fraction of sp³-hybridized carbons (Fsp3) is 0.600. The van der Waals surface area contributed by atoms with Crippen LogP contribution in [0.4, 0.5) is 10.5 Å². The van der Waals surface area contributed by atoms with Crippen LogP contribution in [0.25, 0.3) is 0 Å². The number of carbonyl (C=O) groups excluding carboxylic acids is 2. The molecule has 1 heterocycles. The van der Waals surface area contributed by atoms with Gasteiger partial charge in [-0.25, -0.2) is 17.9 Å². The van der Waals surface area contributed by atoms with Crippen molar-refractivity contribution in [3.8, 4) is 0 Å². The van der Waals surface area contributed by atoms with Gasteiger partial charge in [-0.15, -0.1) is 0 Å². The monoisotopic (exact) mass is 440 g/mol. The van der Waals surface area contributed by atoms with E-state index in [9.17, 15) is 18.0 Å². The standard InChI is InChI=1S/C20H32N4O5S/c1-5-18(25)22-16-6-8-17(9-7-16)30(27,28)21-10-11-23-12-14-24(15-13-23)19(26)29-20(2,3)4/h6-9,21H,5,10-15H2,1-4H3,(H,22,25). The molecule has 1 saturated heterocycles. The normalized spacial score (nSPS) is 15.7. The average Bonchev–Trinajstić information content (AvgIpc) is 2.67. The Kier molecular flexibility index (Phi) is 8.22. The molecule has 2 N–H and O–H groups in total. The highest BCUT2D eigenvalue weighted by atomic mass is 32.2. The van der Waals surface area contributed by atoms with Gasteiger partial charge in [0.05, 0.1) is 4.90 Å². The molecule has 1 aliphatic heterocycles. The van der Waals surface area contributed by atoms with Crippen LogP contribution in [-0.2, 0) is 19.6 Å². The van der Waals surface area contributed by atoms with E-state index >= 15 is 0 Å². The molecular weight excluding hydrogens is 408 g/mol. The van der Waals surface area contributed by atoms with Gasteiger partial charge >= 0.3 is 6.09 Å². The average molecular weight is 441 g/mol. The number of sulfonamides is 1. The summed E-state index contributed by atoms with van der Waals surface area (Å²) in [6.45, 7) is 10.5. The lowest BCUT2D eigenvalue weighted by Crippen LogP contribution is -2.51. The van der Waals surface area contributed by atoms with Crippen molar-refractivity contribution in [2.24, 2.45) is 0 Å². The van der Waals surface area contributed by atoms with Crippen molar-refractivity contribution in [3.05, 3.63) is 24.3 Å². The Labute approximate surface area is 178 Å². The minimum absolute atomic E-state index is 0.129. The molecule has 30 heavy (non-hydrogen) atoms. The predicted molar refractivity (Wildman–Crippen MR) is 115 cm³/mol. The lowest BCUT2D eigenvalue weighted by atomic mass is 10.2. The SMILES string of the molecule is CCC(=O)Nc1ccc(S(=O)(=O)NCCN2CCN(C(=O)OC(C)(C)C)CC2)cc1. The molecule has 2 amide bonds. The number of hydrogen-bond donors (Lipinski definition) is 2. The summed E-state index contributed by atoms with van der Waals surface area (Å²) in [5, 5.41) is 2.68. The molecule has 0 aromatic heterocycles. The highest BCUT2D eigenvalue weighted by Gasteiger charge is 2.25. The zero-order valence-corrected chi connectivity index (χ0v) is 18.9. The molecule has 0 unspecified atom stereocenters. The molecule has 1 aromatic carbocycles. The molecule has 0 atom stereocenters. The molecular formula is C20H32N4O5S. The Morgan fingerprint density at radius 1 is 1.07 bits per heavy atom. The van der Waals surface area contributed by atoms with E-state index in [0.717, 1.165) is 0 Å². The largest absolute Gasteiger partial charge is 0.444 e. The molecule has 0 aliphatic carbocycles. The van der Waals surface area contributed by atoms with Crippen LogP contribution in [0.2, 0.25) is 0 Å². The predicted octanol–water partition coefficient (Wildman–Crippen LogP) is 1.87. The summed E-state index contributed by atoms with van der Waals surface area (Å²) < 4.78 is 32.9. The molecule has 0 saturated carbocycles. The van der Waals surface area contributed by atoms with Gasteiger partial charge in [0.2, 0.25) is 15.9 Å². The minimum atomic E-state index is -3.63. The molecule has 0 radical (unpaired) electrons. The van der Waals surface area contributed by atoms with Gasteiger partial charge in [0, 0.05) is 51.4 Å². The molecule has 1 aromatic rings. The number of nitrogens with one attached hydrogen (secondary N) is 2. The maximum Gasteiger partial charge on any atom is 0.410 e. The molecule has 168 valence electrons. The van der Waals surface area contributed by atoms with Crippen LogP contribution in [0.15, 0.2) is 29.2 Å². The van der Waals surface area contributed by atoms with E-state index in [1.807, 2.05) is 20.8 Å². The van der Waals surface area contributed by atoms with E-state index in [2.05, 4.69) is 14.9 Å².